The molecule has 2 rings (SSSR count). The van der Waals surface area contributed by atoms with Crippen molar-refractivity contribution < 1.29 is 22.2 Å². The van der Waals surface area contributed by atoms with Crippen molar-refractivity contribution in [3.8, 4) is 0 Å². The highest BCUT2D eigenvalue weighted by Gasteiger charge is 2.34. The Hall–Kier alpha value is -1.71. The summed E-state index contributed by atoms with van der Waals surface area (Å²) in [6, 6.07) is 0.444. The Bertz CT molecular complexity index is 729. The Balaban J connectivity index is 2.08. The molecule has 146 valence electrons. The number of aromatic nitrogens is 2. The third-order valence-corrected chi connectivity index (χ3v) is 6.12. The van der Waals surface area contributed by atoms with Gasteiger partial charge in [-0.05, 0) is 19.8 Å². The minimum Gasteiger partial charge on any atom is -0.342 e. The zero-order valence-electron chi connectivity index (χ0n) is 14.6. The number of nitrogens with one attached hydrogen (secondary N) is 1. The molecule has 10 heteroatoms. The number of rotatable bonds is 5. The lowest BCUT2D eigenvalue weighted by molar-refractivity contribution is -0.141. The van der Waals surface area contributed by atoms with Crippen LogP contribution in [0.1, 0.15) is 50.5 Å². The molecule has 1 amide bonds. The van der Waals surface area contributed by atoms with Gasteiger partial charge in [0, 0.05) is 30.0 Å². The van der Waals surface area contributed by atoms with E-state index in [1.807, 2.05) is 0 Å². The predicted octanol–water partition coefficient (Wildman–Crippen LogP) is 2.22. The summed E-state index contributed by atoms with van der Waals surface area (Å²) in [6.07, 6.45) is 0.222. The van der Waals surface area contributed by atoms with Gasteiger partial charge in [-0.2, -0.15) is 13.2 Å². The monoisotopic (exact) mass is 393 g/mol. The maximum Gasteiger partial charge on any atom is 0.433 e. The third-order valence-electron chi connectivity index (χ3n) is 4.57. The molecule has 1 N–H and O–H groups in total. The minimum absolute atomic E-state index is 0.0992. The van der Waals surface area contributed by atoms with E-state index in [-0.39, 0.29) is 17.8 Å². The van der Waals surface area contributed by atoms with E-state index in [0.29, 0.717) is 6.07 Å². The van der Waals surface area contributed by atoms with Gasteiger partial charge in [0.25, 0.3) is 5.56 Å². The van der Waals surface area contributed by atoms with Crippen molar-refractivity contribution in [3.63, 3.8) is 0 Å². The molecule has 0 spiro atoms. The molecule has 0 aliphatic heterocycles. The highest BCUT2D eigenvalue weighted by atomic mass is 32.2. The topological polar surface area (TPSA) is 83.1 Å². The quantitative estimate of drug-likeness (QED) is 0.832. The van der Waals surface area contributed by atoms with Gasteiger partial charge in [0.05, 0.1) is 5.75 Å². The summed E-state index contributed by atoms with van der Waals surface area (Å²) in [5.74, 6) is -1.09. The third kappa shape index (κ3) is 5.15. The number of halogens is 3. The number of hydrogen-bond donors (Lipinski definition) is 1. The molecule has 0 saturated heterocycles. The molecular formula is C16H22F3N3O3S. The van der Waals surface area contributed by atoms with E-state index in [2.05, 4.69) is 9.97 Å². The van der Waals surface area contributed by atoms with Crippen molar-refractivity contribution >= 4 is 16.7 Å². The fourth-order valence-corrected chi connectivity index (χ4v) is 4.08. The van der Waals surface area contributed by atoms with Crippen molar-refractivity contribution in [1.82, 2.24) is 14.9 Å². The maximum atomic E-state index is 12.7. The van der Waals surface area contributed by atoms with E-state index < -0.39 is 39.2 Å². The van der Waals surface area contributed by atoms with Gasteiger partial charge in [-0.15, -0.1) is 0 Å². The molecule has 1 aromatic heterocycles. The van der Waals surface area contributed by atoms with Gasteiger partial charge < -0.3 is 9.88 Å². The van der Waals surface area contributed by atoms with Crippen molar-refractivity contribution in [1.29, 1.82) is 0 Å². The van der Waals surface area contributed by atoms with Gasteiger partial charge in [-0.25, -0.2) is 4.98 Å². The molecule has 1 aromatic rings. The smallest absolute Gasteiger partial charge is 0.342 e. The zero-order chi connectivity index (χ0) is 19.5. The van der Waals surface area contributed by atoms with Crippen LogP contribution in [0.5, 0.6) is 0 Å². The summed E-state index contributed by atoms with van der Waals surface area (Å²) in [7, 11) is -0.142. The molecule has 6 nitrogen and oxygen atoms in total. The van der Waals surface area contributed by atoms with Crippen LogP contribution in [0.15, 0.2) is 10.9 Å². The largest absolute Gasteiger partial charge is 0.433 e. The van der Waals surface area contributed by atoms with Gasteiger partial charge in [0.15, 0.2) is 5.69 Å². The number of alkyl halides is 3. The van der Waals surface area contributed by atoms with Crippen LogP contribution in [0.2, 0.25) is 0 Å². The Kier molecular flexibility index (Phi) is 6.59. The second-order valence-corrected chi connectivity index (χ2v) is 8.24. The SMILES string of the molecule is C[C@@H](C(=O)N(C)C1CCCCC1)[S@@](=O)Cc1nc(C(F)(F)F)cc(=O)[nH]1. The number of carbonyl (C=O) groups is 1. The number of carbonyl (C=O) groups excluding carboxylic acids is 1. The number of amides is 1. The summed E-state index contributed by atoms with van der Waals surface area (Å²) in [6.45, 7) is 1.48. The van der Waals surface area contributed by atoms with Crippen molar-refractivity contribution in [3.05, 3.63) is 27.9 Å². The predicted molar refractivity (Wildman–Crippen MR) is 90.8 cm³/mol. The highest BCUT2D eigenvalue weighted by molar-refractivity contribution is 7.85. The number of aromatic amines is 1. The average molecular weight is 393 g/mol. The van der Waals surface area contributed by atoms with Crippen LogP contribution in [0.4, 0.5) is 13.2 Å². The van der Waals surface area contributed by atoms with Gasteiger partial charge in [-0.3, -0.25) is 13.8 Å². The van der Waals surface area contributed by atoms with Crippen molar-refractivity contribution in [2.45, 2.75) is 62.2 Å². The second-order valence-electron chi connectivity index (χ2n) is 6.48. The highest BCUT2D eigenvalue weighted by Crippen LogP contribution is 2.26. The summed E-state index contributed by atoms with van der Waals surface area (Å²) >= 11 is 0. The first-order valence-electron chi connectivity index (χ1n) is 8.41. The van der Waals surface area contributed by atoms with Crippen LogP contribution in [-0.4, -0.2) is 43.3 Å². The Labute approximate surface area is 151 Å². The molecule has 1 fully saturated rings. The molecule has 0 aromatic carbocycles. The minimum atomic E-state index is -4.77. The van der Waals surface area contributed by atoms with E-state index >= 15 is 0 Å². The standard InChI is InChI=1S/C16H22F3N3O3S/c1-10(15(24)22(2)11-6-4-3-5-7-11)26(25)9-13-20-12(16(17,18)19)8-14(23)21-13/h8,10-11H,3-7,9H2,1-2H3,(H,20,21,23)/t10-,26-/m0/s1. The molecular weight excluding hydrogens is 371 g/mol. The van der Waals surface area contributed by atoms with Gasteiger partial charge in [-0.1, -0.05) is 19.3 Å². The molecule has 0 bridgehead atoms. The van der Waals surface area contributed by atoms with E-state index in [1.165, 1.54) is 6.92 Å². The lowest BCUT2D eigenvalue weighted by Crippen LogP contribution is -2.44. The molecule has 26 heavy (non-hydrogen) atoms. The normalized spacial score (nSPS) is 18.3. The lowest BCUT2D eigenvalue weighted by atomic mass is 9.94. The van der Waals surface area contributed by atoms with Crippen LogP contribution >= 0.6 is 0 Å². The molecule has 1 aliphatic carbocycles. The van der Waals surface area contributed by atoms with Crippen LogP contribution in [0.3, 0.4) is 0 Å². The first-order valence-corrected chi connectivity index (χ1v) is 9.79. The number of hydrogen-bond acceptors (Lipinski definition) is 4. The Morgan fingerprint density at radius 3 is 2.58 bits per heavy atom. The summed E-state index contributed by atoms with van der Waals surface area (Å²) in [5.41, 5.74) is -2.32. The molecule has 1 aliphatic rings. The molecule has 1 heterocycles. The fraction of sp³-hybridized carbons (Fsp3) is 0.688. The molecule has 0 unspecified atom stereocenters. The Morgan fingerprint density at radius 2 is 2.00 bits per heavy atom. The van der Waals surface area contributed by atoms with Crippen LogP contribution in [0, 0.1) is 0 Å². The summed E-state index contributed by atoms with van der Waals surface area (Å²) in [5, 5.41) is -0.901. The Morgan fingerprint density at radius 1 is 1.38 bits per heavy atom. The van der Waals surface area contributed by atoms with E-state index in [9.17, 15) is 27.0 Å². The van der Waals surface area contributed by atoms with Crippen LogP contribution < -0.4 is 5.56 Å². The number of H-pyrrole nitrogens is 1. The lowest BCUT2D eigenvalue weighted by Gasteiger charge is -2.32. The van der Waals surface area contributed by atoms with E-state index in [4.69, 9.17) is 0 Å². The van der Waals surface area contributed by atoms with Crippen molar-refractivity contribution in [2.24, 2.45) is 0 Å². The first-order chi connectivity index (χ1) is 12.1. The molecule has 1 saturated carbocycles. The van der Waals surface area contributed by atoms with E-state index in [1.54, 1.807) is 11.9 Å². The van der Waals surface area contributed by atoms with Crippen molar-refractivity contribution in [2.75, 3.05) is 7.05 Å². The maximum absolute atomic E-state index is 12.7. The van der Waals surface area contributed by atoms with E-state index in [0.717, 1.165) is 32.1 Å². The summed E-state index contributed by atoms with van der Waals surface area (Å²) < 4.78 is 50.6. The first kappa shape index (κ1) is 20.6. The fourth-order valence-electron chi connectivity index (χ4n) is 3.03. The molecule has 2 atom stereocenters. The van der Waals surface area contributed by atoms with Gasteiger partial charge in [0.1, 0.15) is 11.1 Å². The molecule has 0 radical (unpaired) electrons. The van der Waals surface area contributed by atoms with Gasteiger partial charge in [0.2, 0.25) is 5.91 Å². The summed E-state index contributed by atoms with van der Waals surface area (Å²) in [4.78, 5) is 31.0. The van der Waals surface area contributed by atoms with Gasteiger partial charge >= 0.3 is 6.18 Å². The second kappa shape index (κ2) is 8.32. The zero-order valence-corrected chi connectivity index (χ0v) is 15.5. The number of nitrogens with zero attached hydrogens (tertiary/aromatic N) is 2. The average Bonchev–Trinajstić information content (AvgIpc) is 2.59. The van der Waals surface area contributed by atoms with Crippen LogP contribution in [0.25, 0.3) is 0 Å². The van der Waals surface area contributed by atoms with Crippen LogP contribution in [-0.2, 0) is 27.5 Å².